The van der Waals surface area contributed by atoms with Crippen molar-refractivity contribution in [1.29, 1.82) is 0 Å². The molecular formula is C23H28ClFN2O3. The maximum absolute atomic E-state index is 14.2. The van der Waals surface area contributed by atoms with E-state index in [2.05, 4.69) is 5.32 Å². The highest BCUT2D eigenvalue weighted by Crippen LogP contribution is 2.22. The normalized spacial score (nSPS) is 12.7. The van der Waals surface area contributed by atoms with Gasteiger partial charge in [0, 0.05) is 23.2 Å². The van der Waals surface area contributed by atoms with Crippen LogP contribution in [0.15, 0.2) is 42.5 Å². The van der Waals surface area contributed by atoms with Gasteiger partial charge in [-0.3, -0.25) is 9.59 Å². The van der Waals surface area contributed by atoms with E-state index in [0.717, 1.165) is 12.0 Å². The fraction of sp³-hybridized carbons (Fsp3) is 0.391. The second kappa shape index (κ2) is 11.0. The van der Waals surface area contributed by atoms with Crippen LogP contribution in [0, 0.1) is 5.82 Å². The first-order valence-electron chi connectivity index (χ1n) is 9.92. The van der Waals surface area contributed by atoms with Crippen molar-refractivity contribution in [2.75, 3.05) is 7.11 Å². The molecule has 2 aromatic carbocycles. The van der Waals surface area contributed by atoms with Gasteiger partial charge in [0.2, 0.25) is 11.8 Å². The van der Waals surface area contributed by atoms with Gasteiger partial charge in [0.15, 0.2) is 0 Å². The lowest BCUT2D eigenvalue weighted by atomic mass is 10.1. The van der Waals surface area contributed by atoms with Crippen LogP contribution in [0.5, 0.6) is 5.75 Å². The molecule has 0 saturated carbocycles. The van der Waals surface area contributed by atoms with Crippen LogP contribution in [0.1, 0.15) is 38.3 Å². The van der Waals surface area contributed by atoms with E-state index in [1.165, 1.54) is 17.0 Å². The van der Waals surface area contributed by atoms with Crippen LogP contribution >= 0.6 is 11.6 Å². The molecule has 2 atom stereocenters. The SMILES string of the molecule is CC[C@H](C)NC(=O)[C@H](C)N(Cc1cccc(OC)c1)C(=O)Cc1c(F)cccc1Cl. The molecular weight excluding hydrogens is 407 g/mol. The van der Waals surface area contributed by atoms with E-state index >= 15 is 0 Å². The summed E-state index contributed by atoms with van der Waals surface area (Å²) in [4.78, 5) is 27.3. The molecule has 2 amide bonds. The zero-order chi connectivity index (χ0) is 22.3. The minimum absolute atomic E-state index is 0.0188. The maximum Gasteiger partial charge on any atom is 0.242 e. The Hall–Kier alpha value is -2.60. The highest BCUT2D eigenvalue weighted by molar-refractivity contribution is 6.31. The predicted octanol–water partition coefficient (Wildman–Crippen LogP) is 4.36. The molecule has 0 fully saturated rings. The van der Waals surface area contributed by atoms with E-state index in [4.69, 9.17) is 16.3 Å². The highest BCUT2D eigenvalue weighted by atomic mass is 35.5. The molecule has 1 N–H and O–H groups in total. The molecule has 0 aliphatic carbocycles. The number of carbonyl (C=O) groups is 2. The summed E-state index contributed by atoms with van der Waals surface area (Å²) in [5.41, 5.74) is 0.917. The highest BCUT2D eigenvalue weighted by Gasteiger charge is 2.28. The topological polar surface area (TPSA) is 58.6 Å². The van der Waals surface area contributed by atoms with E-state index in [1.54, 1.807) is 32.2 Å². The van der Waals surface area contributed by atoms with Crippen molar-refractivity contribution >= 4 is 23.4 Å². The van der Waals surface area contributed by atoms with E-state index in [0.29, 0.717) is 5.75 Å². The molecule has 0 unspecified atom stereocenters. The average molecular weight is 435 g/mol. The van der Waals surface area contributed by atoms with Crippen LogP contribution in [0.4, 0.5) is 4.39 Å². The molecule has 0 aliphatic rings. The zero-order valence-corrected chi connectivity index (χ0v) is 18.5. The van der Waals surface area contributed by atoms with Crippen LogP contribution in [-0.2, 0) is 22.6 Å². The lowest BCUT2D eigenvalue weighted by molar-refractivity contribution is -0.140. The lowest BCUT2D eigenvalue weighted by Crippen LogP contribution is -2.50. The van der Waals surface area contributed by atoms with Gasteiger partial charge in [-0.15, -0.1) is 0 Å². The third kappa shape index (κ3) is 6.20. The first-order valence-corrected chi connectivity index (χ1v) is 10.3. The van der Waals surface area contributed by atoms with Gasteiger partial charge in [0.1, 0.15) is 17.6 Å². The molecule has 0 heterocycles. The third-order valence-corrected chi connectivity index (χ3v) is 5.40. The average Bonchev–Trinajstić information content (AvgIpc) is 2.74. The van der Waals surface area contributed by atoms with Crippen molar-refractivity contribution in [3.8, 4) is 5.75 Å². The van der Waals surface area contributed by atoms with Gasteiger partial charge in [-0.25, -0.2) is 4.39 Å². The molecule has 0 aliphatic heterocycles. The number of nitrogens with zero attached hydrogens (tertiary/aromatic N) is 1. The fourth-order valence-electron chi connectivity index (χ4n) is 2.97. The van der Waals surface area contributed by atoms with Crippen molar-refractivity contribution in [3.05, 3.63) is 64.4 Å². The Morgan fingerprint density at radius 2 is 1.90 bits per heavy atom. The summed E-state index contributed by atoms with van der Waals surface area (Å²) in [7, 11) is 1.56. The van der Waals surface area contributed by atoms with Crippen LogP contribution in [0.3, 0.4) is 0 Å². The number of halogens is 2. The van der Waals surface area contributed by atoms with Crippen molar-refractivity contribution in [1.82, 2.24) is 10.2 Å². The van der Waals surface area contributed by atoms with Gasteiger partial charge in [0.25, 0.3) is 0 Å². The summed E-state index contributed by atoms with van der Waals surface area (Å²) in [6.45, 7) is 5.71. The Balaban J connectivity index is 2.31. The first-order chi connectivity index (χ1) is 14.3. The molecule has 30 heavy (non-hydrogen) atoms. The number of carbonyl (C=O) groups excluding carboxylic acids is 2. The molecule has 2 rings (SSSR count). The molecule has 0 spiro atoms. The van der Waals surface area contributed by atoms with Gasteiger partial charge < -0.3 is 15.0 Å². The number of nitrogens with one attached hydrogen (secondary N) is 1. The molecule has 7 heteroatoms. The number of hydrogen-bond acceptors (Lipinski definition) is 3. The van der Waals surface area contributed by atoms with Crippen molar-refractivity contribution in [2.45, 2.75) is 52.2 Å². The molecule has 162 valence electrons. The van der Waals surface area contributed by atoms with Gasteiger partial charge in [0.05, 0.1) is 13.5 Å². The second-order valence-electron chi connectivity index (χ2n) is 7.24. The number of benzene rings is 2. The number of hydrogen-bond donors (Lipinski definition) is 1. The van der Waals surface area contributed by atoms with Gasteiger partial charge in [-0.1, -0.05) is 36.7 Å². The van der Waals surface area contributed by atoms with Crippen molar-refractivity contribution < 1.29 is 18.7 Å². The Morgan fingerprint density at radius 3 is 2.53 bits per heavy atom. The lowest BCUT2D eigenvalue weighted by Gasteiger charge is -2.30. The Labute approximate surface area is 182 Å². The standard InChI is InChI=1S/C23H28ClFN2O3/c1-5-15(2)26-23(29)16(3)27(14-17-8-6-9-18(12-17)30-4)22(28)13-19-20(24)10-7-11-21(19)25/h6-12,15-16H,5,13-14H2,1-4H3,(H,26,29)/t15-,16-/m0/s1. The van der Waals surface area contributed by atoms with E-state index in [9.17, 15) is 14.0 Å². The first kappa shape index (κ1) is 23.7. The summed E-state index contributed by atoms with van der Waals surface area (Å²) < 4.78 is 19.5. The van der Waals surface area contributed by atoms with Crippen LogP contribution < -0.4 is 10.1 Å². The number of methoxy groups -OCH3 is 1. The zero-order valence-electron chi connectivity index (χ0n) is 17.7. The van der Waals surface area contributed by atoms with Crippen LogP contribution in [0.25, 0.3) is 0 Å². The molecule has 0 saturated heterocycles. The smallest absolute Gasteiger partial charge is 0.242 e. The molecule has 0 aromatic heterocycles. The largest absolute Gasteiger partial charge is 0.497 e. The summed E-state index contributed by atoms with van der Waals surface area (Å²) in [5.74, 6) is -0.556. The maximum atomic E-state index is 14.2. The van der Waals surface area contributed by atoms with E-state index in [-0.39, 0.29) is 35.5 Å². The monoisotopic (exact) mass is 434 g/mol. The van der Waals surface area contributed by atoms with Crippen LogP contribution in [-0.4, -0.2) is 35.9 Å². The van der Waals surface area contributed by atoms with Gasteiger partial charge in [-0.05, 0) is 50.1 Å². The Kier molecular flexibility index (Phi) is 8.66. The predicted molar refractivity (Wildman–Crippen MR) is 116 cm³/mol. The van der Waals surface area contributed by atoms with E-state index < -0.39 is 17.8 Å². The number of amides is 2. The summed E-state index contributed by atoms with van der Waals surface area (Å²) >= 11 is 6.10. The van der Waals surface area contributed by atoms with Crippen LogP contribution in [0.2, 0.25) is 5.02 Å². The van der Waals surface area contributed by atoms with Gasteiger partial charge in [-0.2, -0.15) is 0 Å². The van der Waals surface area contributed by atoms with Gasteiger partial charge >= 0.3 is 0 Å². The fourth-order valence-corrected chi connectivity index (χ4v) is 3.20. The molecule has 0 bridgehead atoms. The van der Waals surface area contributed by atoms with Crippen molar-refractivity contribution in [2.24, 2.45) is 0 Å². The summed E-state index contributed by atoms with van der Waals surface area (Å²) in [6, 6.07) is 10.8. The molecule has 5 nitrogen and oxygen atoms in total. The minimum Gasteiger partial charge on any atom is -0.497 e. The third-order valence-electron chi connectivity index (χ3n) is 5.05. The number of rotatable bonds is 9. The molecule has 2 aromatic rings. The Bertz CT molecular complexity index is 870. The summed E-state index contributed by atoms with van der Waals surface area (Å²) in [5, 5.41) is 3.08. The Morgan fingerprint density at radius 1 is 1.20 bits per heavy atom. The van der Waals surface area contributed by atoms with E-state index in [1.807, 2.05) is 26.0 Å². The molecule has 0 radical (unpaired) electrons. The number of ether oxygens (including phenoxy) is 1. The van der Waals surface area contributed by atoms with Crippen molar-refractivity contribution in [3.63, 3.8) is 0 Å². The minimum atomic E-state index is -0.747. The summed E-state index contributed by atoms with van der Waals surface area (Å²) in [6.07, 6.45) is 0.531. The quantitative estimate of drug-likeness (QED) is 0.637. The second-order valence-corrected chi connectivity index (χ2v) is 7.65.